The third-order valence-corrected chi connectivity index (χ3v) is 2.49. The summed E-state index contributed by atoms with van der Waals surface area (Å²) in [4.78, 5) is 0.589. The normalized spacial score (nSPS) is 10.1. The SMILES string of the molecule is Cc1cc(C)cc(OCCCCC(N)=S)c1. The molecular formula is C13H19NOS. The van der Waals surface area contributed by atoms with E-state index in [0.717, 1.165) is 31.6 Å². The molecule has 0 atom stereocenters. The number of aryl methyl sites for hydroxylation is 2. The van der Waals surface area contributed by atoms with Crippen LogP contribution in [0, 0.1) is 13.8 Å². The zero-order chi connectivity index (χ0) is 12.0. The van der Waals surface area contributed by atoms with Crippen molar-refractivity contribution >= 4 is 17.2 Å². The first-order valence-corrected chi connectivity index (χ1v) is 5.98. The number of rotatable bonds is 6. The van der Waals surface area contributed by atoms with Gasteiger partial charge in [0.15, 0.2) is 0 Å². The summed E-state index contributed by atoms with van der Waals surface area (Å²) >= 11 is 4.81. The highest BCUT2D eigenvalue weighted by Crippen LogP contribution is 2.16. The Kier molecular flexibility index (Phi) is 5.26. The molecule has 0 heterocycles. The zero-order valence-electron chi connectivity index (χ0n) is 9.95. The lowest BCUT2D eigenvalue weighted by Crippen LogP contribution is -2.08. The molecule has 1 rings (SSSR count). The van der Waals surface area contributed by atoms with Crippen molar-refractivity contribution in [2.24, 2.45) is 5.73 Å². The molecule has 0 spiro atoms. The lowest BCUT2D eigenvalue weighted by atomic mass is 10.1. The van der Waals surface area contributed by atoms with Gasteiger partial charge in [-0.1, -0.05) is 18.3 Å². The van der Waals surface area contributed by atoms with Gasteiger partial charge in [-0.25, -0.2) is 0 Å². The van der Waals surface area contributed by atoms with E-state index in [1.165, 1.54) is 11.1 Å². The minimum atomic E-state index is 0.589. The maximum absolute atomic E-state index is 5.67. The highest BCUT2D eigenvalue weighted by Gasteiger charge is 1.97. The first-order chi connectivity index (χ1) is 7.58. The van der Waals surface area contributed by atoms with Crippen molar-refractivity contribution in [3.8, 4) is 5.75 Å². The fraction of sp³-hybridized carbons (Fsp3) is 0.462. The van der Waals surface area contributed by atoms with Crippen molar-refractivity contribution in [1.82, 2.24) is 0 Å². The van der Waals surface area contributed by atoms with Crippen LogP contribution in [0.2, 0.25) is 0 Å². The van der Waals surface area contributed by atoms with Crippen LogP contribution in [-0.2, 0) is 0 Å². The average Bonchev–Trinajstić information content (AvgIpc) is 2.15. The van der Waals surface area contributed by atoms with E-state index in [2.05, 4.69) is 32.0 Å². The molecular weight excluding hydrogens is 218 g/mol. The largest absolute Gasteiger partial charge is 0.494 e. The summed E-state index contributed by atoms with van der Waals surface area (Å²) in [7, 11) is 0. The van der Waals surface area contributed by atoms with Crippen molar-refractivity contribution in [2.45, 2.75) is 33.1 Å². The molecule has 0 saturated carbocycles. The van der Waals surface area contributed by atoms with Gasteiger partial charge < -0.3 is 10.5 Å². The number of unbranched alkanes of at least 4 members (excludes halogenated alkanes) is 1. The van der Waals surface area contributed by atoms with E-state index in [0.29, 0.717) is 4.99 Å². The molecule has 0 saturated heterocycles. The topological polar surface area (TPSA) is 35.2 Å². The van der Waals surface area contributed by atoms with Crippen LogP contribution in [0.1, 0.15) is 30.4 Å². The second-order valence-corrected chi connectivity index (χ2v) is 4.62. The van der Waals surface area contributed by atoms with Crippen LogP contribution in [0.25, 0.3) is 0 Å². The van der Waals surface area contributed by atoms with E-state index in [-0.39, 0.29) is 0 Å². The molecule has 0 aliphatic rings. The van der Waals surface area contributed by atoms with Crippen molar-refractivity contribution < 1.29 is 4.74 Å². The first-order valence-electron chi connectivity index (χ1n) is 5.57. The third kappa shape index (κ3) is 5.12. The van der Waals surface area contributed by atoms with Crippen LogP contribution < -0.4 is 10.5 Å². The van der Waals surface area contributed by atoms with Crippen molar-refractivity contribution in [1.29, 1.82) is 0 Å². The molecule has 88 valence electrons. The standard InChI is InChI=1S/C13H19NOS/c1-10-7-11(2)9-12(8-10)15-6-4-3-5-13(14)16/h7-9H,3-6H2,1-2H3,(H2,14,16). The summed E-state index contributed by atoms with van der Waals surface area (Å²) in [5.41, 5.74) is 7.88. The summed E-state index contributed by atoms with van der Waals surface area (Å²) in [6, 6.07) is 6.25. The predicted octanol–water partition coefficient (Wildman–Crippen LogP) is 3.14. The second-order valence-electron chi connectivity index (χ2n) is 4.10. The molecule has 2 N–H and O–H groups in total. The van der Waals surface area contributed by atoms with Crippen molar-refractivity contribution in [3.05, 3.63) is 29.3 Å². The minimum absolute atomic E-state index is 0.589. The zero-order valence-corrected chi connectivity index (χ0v) is 10.8. The first kappa shape index (κ1) is 13.0. The van der Waals surface area contributed by atoms with Crippen LogP contribution in [-0.4, -0.2) is 11.6 Å². The van der Waals surface area contributed by atoms with E-state index in [1.54, 1.807) is 0 Å². The highest BCUT2D eigenvalue weighted by atomic mass is 32.1. The lowest BCUT2D eigenvalue weighted by Gasteiger charge is -2.07. The van der Waals surface area contributed by atoms with E-state index in [9.17, 15) is 0 Å². The Labute approximate surface area is 103 Å². The Morgan fingerprint density at radius 3 is 2.38 bits per heavy atom. The molecule has 0 bridgehead atoms. The van der Waals surface area contributed by atoms with Crippen molar-refractivity contribution in [3.63, 3.8) is 0 Å². The molecule has 0 aliphatic heterocycles. The molecule has 0 fully saturated rings. The molecule has 0 radical (unpaired) electrons. The monoisotopic (exact) mass is 237 g/mol. The Balaban J connectivity index is 2.29. The highest BCUT2D eigenvalue weighted by molar-refractivity contribution is 7.80. The van der Waals surface area contributed by atoms with Gasteiger partial charge in [-0.05, 0) is 56.4 Å². The fourth-order valence-electron chi connectivity index (χ4n) is 1.61. The van der Waals surface area contributed by atoms with Gasteiger partial charge in [0.2, 0.25) is 0 Å². The summed E-state index contributed by atoms with van der Waals surface area (Å²) < 4.78 is 5.67. The van der Waals surface area contributed by atoms with Crippen LogP contribution in [0.4, 0.5) is 0 Å². The summed E-state index contributed by atoms with van der Waals surface area (Å²) in [6.07, 6.45) is 2.80. The summed E-state index contributed by atoms with van der Waals surface area (Å²) in [5.74, 6) is 0.952. The Hall–Kier alpha value is -1.09. The number of benzene rings is 1. The molecule has 3 heteroatoms. The number of ether oxygens (including phenoxy) is 1. The third-order valence-electron chi connectivity index (χ3n) is 2.28. The van der Waals surface area contributed by atoms with Gasteiger partial charge in [0, 0.05) is 0 Å². The smallest absolute Gasteiger partial charge is 0.119 e. The van der Waals surface area contributed by atoms with Gasteiger partial charge >= 0.3 is 0 Å². The van der Waals surface area contributed by atoms with Crippen LogP contribution in [0.15, 0.2) is 18.2 Å². The van der Waals surface area contributed by atoms with Crippen LogP contribution in [0.3, 0.4) is 0 Å². The molecule has 2 nitrogen and oxygen atoms in total. The lowest BCUT2D eigenvalue weighted by molar-refractivity contribution is 0.307. The summed E-state index contributed by atoms with van der Waals surface area (Å²) in [6.45, 7) is 4.88. The molecule has 1 aromatic carbocycles. The van der Waals surface area contributed by atoms with E-state index < -0.39 is 0 Å². The number of hydrogen-bond acceptors (Lipinski definition) is 2. The Morgan fingerprint density at radius 1 is 1.19 bits per heavy atom. The maximum atomic E-state index is 5.67. The van der Waals surface area contributed by atoms with E-state index >= 15 is 0 Å². The number of nitrogens with two attached hydrogens (primary N) is 1. The van der Waals surface area contributed by atoms with Gasteiger partial charge in [0.25, 0.3) is 0 Å². The predicted molar refractivity (Wildman–Crippen MR) is 72.0 cm³/mol. The maximum Gasteiger partial charge on any atom is 0.119 e. The summed E-state index contributed by atoms with van der Waals surface area (Å²) in [5, 5.41) is 0. The van der Waals surface area contributed by atoms with Gasteiger partial charge in [-0.15, -0.1) is 0 Å². The minimum Gasteiger partial charge on any atom is -0.494 e. The van der Waals surface area contributed by atoms with Gasteiger partial charge in [-0.2, -0.15) is 0 Å². The molecule has 0 unspecified atom stereocenters. The molecule has 16 heavy (non-hydrogen) atoms. The van der Waals surface area contributed by atoms with Crippen LogP contribution >= 0.6 is 12.2 Å². The van der Waals surface area contributed by atoms with E-state index in [4.69, 9.17) is 22.7 Å². The van der Waals surface area contributed by atoms with Gasteiger partial charge in [0.05, 0.1) is 11.6 Å². The van der Waals surface area contributed by atoms with Gasteiger partial charge in [0.1, 0.15) is 5.75 Å². The van der Waals surface area contributed by atoms with Gasteiger partial charge in [-0.3, -0.25) is 0 Å². The van der Waals surface area contributed by atoms with Crippen molar-refractivity contribution in [2.75, 3.05) is 6.61 Å². The second kappa shape index (κ2) is 6.48. The number of hydrogen-bond donors (Lipinski definition) is 1. The molecule has 0 amide bonds. The number of thiocarbonyl (C=S) groups is 1. The van der Waals surface area contributed by atoms with E-state index in [1.807, 2.05) is 0 Å². The Morgan fingerprint density at radius 2 is 1.81 bits per heavy atom. The fourth-order valence-corrected chi connectivity index (χ4v) is 1.75. The van der Waals surface area contributed by atoms with Crippen LogP contribution in [0.5, 0.6) is 5.75 Å². The molecule has 0 aromatic heterocycles. The Bertz CT molecular complexity index is 343. The molecule has 0 aliphatic carbocycles. The average molecular weight is 237 g/mol. The quantitative estimate of drug-likeness (QED) is 0.610. The molecule has 1 aromatic rings.